The molecule has 0 unspecified atom stereocenters. The van der Waals surface area contributed by atoms with Crippen molar-refractivity contribution in [2.24, 2.45) is 0 Å². The average molecular weight is 298 g/mol. The Morgan fingerprint density at radius 1 is 0.682 bits per heavy atom. The predicted octanol–water partition coefficient (Wildman–Crippen LogP) is 6.16. The Bertz CT molecular complexity index is 562. The third kappa shape index (κ3) is 3.70. The summed E-state index contributed by atoms with van der Waals surface area (Å²) in [6.07, 6.45) is 6.47. The monoisotopic (exact) mass is 298 g/mol. The second-order valence-electron chi connectivity index (χ2n) is 6.52. The lowest BCUT2D eigenvalue weighted by Gasteiger charge is -2.39. The van der Waals surface area contributed by atoms with Crippen LogP contribution in [0.4, 0.5) is 5.69 Å². The Hall–Kier alpha value is -1.34. The number of fused-ring (bicyclic) bond motifs is 1. The van der Waals surface area contributed by atoms with Crippen molar-refractivity contribution < 1.29 is 0 Å². The van der Waals surface area contributed by atoms with Gasteiger partial charge in [-0.25, -0.2) is 0 Å². The summed E-state index contributed by atoms with van der Waals surface area (Å²) in [5.41, 5.74) is 1.54. The average Bonchev–Trinajstić information content (AvgIpc) is 2.55. The Labute approximate surface area is 136 Å². The van der Waals surface area contributed by atoms with Crippen LogP contribution in [-0.2, 0) is 0 Å². The molecule has 0 radical (unpaired) electrons. The first-order valence-corrected chi connectivity index (χ1v) is 9.11. The van der Waals surface area contributed by atoms with Gasteiger partial charge in [-0.15, -0.1) is 0 Å². The van der Waals surface area contributed by atoms with E-state index in [1.54, 1.807) is 0 Å². The standard InChI is InChI=1S/C21H32N/c1-4-7-10-18-22(16-5-2,17-6-3)21-15-11-13-19-12-8-9-14-20(19)21/h8-9,11-15H,4-7,10,16-18H2,1-3H3/q+1. The SMILES string of the molecule is CCCCC[N+](CCC)(CCC)c1cccc2ccccc12. The van der Waals surface area contributed by atoms with Gasteiger partial charge in [0, 0.05) is 5.39 Å². The Kier molecular flexibility index (Phi) is 6.45. The lowest BCUT2D eigenvalue weighted by Crippen LogP contribution is -2.51. The molecule has 2 rings (SSSR count). The summed E-state index contributed by atoms with van der Waals surface area (Å²) in [6.45, 7) is 10.7. The van der Waals surface area contributed by atoms with E-state index in [4.69, 9.17) is 0 Å². The number of quaternary nitrogens is 1. The minimum absolute atomic E-state index is 1.16. The molecular weight excluding hydrogens is 266 g/mol. The molecule has 120 valence electrons. The van der Waals surface area contributed by atoms with Crippen LogP contribution < -0.4 is 4.48 Å². The largest absolute Gasteiger partial charge is 0.291 e. The number of hydrogen-bond donors (Lipinski definition) is 0. The lowest BCUT2D eigenvalue weighted by molar-refractivity contribution is 0.268. The van der Waals surface area contributed by atoms with E-state index in [9.17, 15) is 0 Å². The second-order valence-corrected chi connectivity index (χ2v) is 6.52. The molecule has 0 spiro atoms. The molecule has 1 heteroatoms. The van der Waals surface area contributed by atoms with E-state index in [0.717, 1.165) is 4.48 Å². The summed E-state index contributed by atoms with van der Waals surface area (Å²) in [5.74, 6) is 0. The van der Waals surface area contributed by atoms with E-state index in [2.05, 4.69) is 63.2 Å². The third-order valence-corrected chi connectivity index (χ3v) is 4.77. The minimum atomic E-state index is 1.16. The number of rotatable bonds is 9. The molecule has 0 aliphatic carbocycles. The highest BCUT2D eigenvalue weighted by Crippen LogP contribution is 2.33. The Morgan fingerprint density at radius 2 is 1.36 bits per heavy atom. The van der Waals surface area contributed by atoms with Gasteiger partial charge in [-0.3, -0.25) is 4.48 Å². The molecule has 0 aromatic heterocycles. The highest BCUT2D eigenvalue weighted by molar-refractivity contribution is 5.93. The summed E-state index contributed by atoms with van der Waals surface area (Å²) in [4.78, 5) is 0. The molecule has 2 aromatic carbocycles. The number of unbranched alkanes of at least 4 members (excludes halogenated alkanes) is 2. The van der Waals surface area contributed by atoms with Crippen LogP contribution in [0, 0.1) is 0 Å². The van der Waals surface area contributed by atoms with Crippen molar-refractivity contribution in [3.05, 3.63) is 42.5 Å². The molecule has 0 fully saturated rings. The molecular formula is C21H32N+. The number of benzene rings is 2. The summed E-state index contributed by atoms with van der Waals surface area (Å²) >= 11 is 0. The van der Waals surface area contributed by atoms with Crippen LogP contribution in [0.5, 0.6) is 0 Å². The molecule has 0 amide bonds. The molecule has 0 heterocycles. The molecule has 0 aliphatic rings. The van der Waals surface area contributed by atoms with E-state index in [0.29, 0.717) is 0 Å². The molecule has 1 nitrogen and oxygen atoms in total. The van der Waals surface area contributed by atoms with Crippen molar-refractivity contribution in [2.75, 3.05) is 19.6 Å². The van der Waals surface area contributed by atoms with Crippen LogP contribution in [0.15, 0.2) is 42.5 Å². The van der Waals surface area contributed by atoms with Gasteiger partial charge < -0.3 is 0 Å². The van der Waals surface area contributed by atoms with Crippen molar-refractivity contribution in [1.29, 1.82) is 0 Å². The van der Waals surface area contributed by atoms with E-state index in [1.165, 1.54) is 68.2 Å². The van der Waals surface area contributed by atoms with Gasteiger partial charge in [0.15, 0.2) is 0 Å². The van der Waals surface area contributed by atoms with Crippen LogP contribution in [0.3, 0.4) is 0 Å². The van der Waals surface area contributed by atoms with Crippen LogP contribution in [0.25, 0.3) is 10.8 Å². The second kappa shape index (κ2) is 8.33. The van der Waals surface area contributed by atoms with E-state index < -0.39 is 0 Å². The van der Waals surface area contributed by atoms with Crippen molar-refractivity contribution in [3.63, 3.8) is 0 Å². The van der Waals surface area contributed by atoms with Crippen molar-refractivity contribution in [3.8, 4) is 0 Å². The summed E-state index contributed by atoms with van der Waals surface area (Å²) in [7, 11) is 0. The smallest absolute Gasteiger partial charge is 0.140 e. The van der Waals surface area contributed by atoms with Gasteiger partial charge in [-0.1, -0.05) is 57.5 Å². The zero-order valence-corrected chi connectivity index (χ0v) is 14.6. The predicted molar refractivity (Wildman–Crippen MR) is 100 cm³/mol. The fraction of sp³-hybridized carbons (Fsp3) is 0.524. The van der Waals surface area contributed by atoms with E-state index >= 15 is 0 Å². The zero-order chi connectivity index (χ0) is 15.8. The maximum Gasteiger partial charge on any atom is 0.140 e. The third-order valence-electron chi connectivity index (χ3n) is 4.77. The van der Waals surface area contributed by atoms with Crippen LogP contribution >= 0.6 is 0 Å². The van der Waals surface area contributed by atoms with E-state index in [1.807, 2.05) is 0 Å². The zero-order valence-electron chi connectivity index (χ0n) is 14.6. The topological polar surface area (TPSA) is 0 Å². The first-order chi connectivity index (χ1) is 10.8. The maximum atomic E-state index is 2.37. The summed E-state index contributed by atoms with van der Waals surface area (Å²) < 4.78 is 1.16. The van der Waals surface area contributed by atoms with Crippen molar-refractivity contribution >= 4 is 16.5 Å². The normalized spacial score (nSPS) is 12.0. The van der Waals surface area contributed by atoms with Gasteiger partial charge in [-0.2, -0.15) is 0 Å². The molecule has 0 atom stereocenters. The fourth-order valence-electron chi connectivity index (χ4n) is 3.84. The molecule has 2 aromatic rings. The minimum Gasteiger partial charge on any atom is -0.291 e. The van der Waals surface area contributed by atoms with Gasteiger partial charge in [-0.05, 0) is 43.2 Å². The van der Waals surface area contributed by atoms with Gasteiger partial charge >= 0.3 is 0 Å². The van der Waals surface area contributed by atoms with E-state index in [-0.39, 0.29) is 0 Å². The highest BCUT2D eigenvalue weighted by Gasteiger charge is 2.29. The fourth-order valence-corrected chi connectivity index (χ4v) is 3.84. The number of nitrogens with zero attached hydrogens (tertiary/aromatic N) is 1. The molecule has 0 saturated heterocycles. The molecule has 22 heavy (non-hydrogen) atoms. The highest BCUT2D eigenvalue weighted by atomic mass is 15.4. The Balaban J connectivity index is 2.48. The van der Waals surface area contributed by atoms with Gasteiger partial charge in [0.05, 0.1) is 19.6 Å². The lowest BCUT2D eigenvalue weighted by atomic mass is 10.0. The van der Waals surface area contributed by atoms with Crippen molar-refractivity contribution in [1.82, 2.24) is 4.48 Å². The Morgan fingerprint density at radius 3 is 2.05 bits per heavy atom. The van der Waals surface area contributed by atoms with Crippen LogP contribution in [0.2, 0.25) is 0 Å². The molecule has 0 N–H and O–H groups in total. The van der Waals surface area contributed by atoms with Gasteiger partial charge in [0.2, 0.25) is 0 Å². The molecule has 0 saturated carbocycles. The first kappa shape index (κ1) is 17.0. The maximum absolute atomic E-state index is 2.37. The van der Waals surface area contributed by atoms with Gasteiger partial charge in [0.25, 0.3) is 0 Å². The number of hydrogen-bond acceptors (Lipinski definition) is 0. The summed E-state index contributed by atoms with van der Waals surface area (Å²) in [6, 6.07) is 15.8. The van der Waals surface area contributed by atoms with Gasteiger partial charge in [0.1, 0.15) is 5.69 Å². The molecule has 0 aliphatic heterocycles. The van der Waals surface area contributed by atoms with Crippen molar-refractivity contribution in [2.45, 2.75) is 52.9 Å². The van der Waals surface area contributed by atoms with Crippen LogP contribution in [-0.4, -0.2) is 19.6 Å². The quantitative estimate of drug-likeness (QED) is 0.384. The molecule has 0 bridgehead atoms. The van der Waals surface area contributed by atoms with Crippen LogP contribution in [0.1, 0.15) is 52.9 Å². The summed E-state index contributed by atoms with van der Waals surface area (Å²) in [5, 5.41) is 2.83. The first-order valence-electron chi connectivity index (χ1n) is 9.11.